The van der Waals surface area contributed by atoms with E-state index < -0.39 is 30.4 Å². The molecule has 2 N–H and O–H groups in total. The monoisotopic (exact) mass is 422 g/mol. The molecule has 0 aliphatic carbocycles. The van der Waals surface area contributed by atoms with E-state index in [4.69, 9.17) is 27.9 Å². The predicted molar refractivity (Wildman–Crippen MR) is 109 cm³/mol. The van der Waals surface area contributed by atoms with Gasteiger partial charge in [0.05, 0.1) is 10.7 Å². The number of halogens is 2. The summed E-state index contributed by atoms with van der Waals surface area (Å²) in [6.07, 6.45) is 0. The molecule has 0 radical (unpaired) electrons. The van der Waals surface area contributed by atoms with Crippen LogP contribution in [-0.4, -0.2) is 30.4 Å². The molecule has 6 nitrogen and oxygen atoms in total. The van der Waals surface area contributed by atoms with Gasteiger partial charge in [0.15, 0.2) is 6.61 Å². The summed E-state index contributed by atoms with van der Waals surface area (Å²) >= 11 is 11.8. The summed E-state index contributed by atoms with van der Waals surface area (Å²) in [7, 11) is 0. The van der Waals surface area contributed by atoms with E-state index in [9.17, 15) is 14.4 Å². The molecule has 8 heteroatoms. The zero-order chi connectivity index (χ0) is 20.7. The van der Waals surface area contributed by atoms with E-state index in [1.54, 1.807) is 56.3 Å². The summed E-state index contributed by atoms with van der Waals surface area (Å²) in [6, 6.07) is 12.2. The fourth-order valence-corrected chi connectivity index (χ4v) is 2.65. The Labute approximate surface area is 173 Å². The van der Waals surface area contributed by atoms with Crippen LogP contribution in [0.15, 0.2) is 48.5 Å². The van der Waals surface area contributed by atoms with Gasteiger partial charge in [-0.15, -0.1) is 0 Å². The summed E-state index contributed by atoms with van der Waals surface area (Å²) in [5.41, 5.74) is 0.738. The van der Waals surface area contributed by atoms with Crippen LogP contribution in [0.25, 0.3) is 0 Å². The average Bonchev–Trinajstić information content (AvgIpc) is 2.67. The minimum Gasteiger partial charge on any atom is -0.454 e. The van der Waals surface area contributed by atoms with Crippen LogP contribution in [0, 0.1) is 5.92 Å². The number of benzene rings is 2. The van der Waals surface area contributed by atoms with Gasteiger partial charge in [-0.05, 0) is 36.2 Å². The fourth-order valence-electron chi connectivity index (χ4n) is 2.32. The first-order valence-corrected chi connectivity index (χ1v) is 9.31. The van der Waals surface area contributed by atoms with Crippen LogP contribution >= 0.6 is 23.2 Å². The van der Waals surface area contributed by atoms with Crippen molar-refractivity contribution in [2.24, 2.45) is 5.92 Å². The standard InChI is InChI=1S/C20H20Cl2N2O4/c1-12(2)18(24-19(26)13-6-4-3-5-7-13)20(27)28-11-17(25)23-16-10-14(21)8-9-15(16)22/h3-10,12,18H,11H2,1-2H3,(H,23,25)(H,24,26)/t18-/m0/s1. The number of rotatable bonds is 7. The Morgan fingerprint density at radius 3 is 2.36 bits per heavy atom. The van der Waals surface area contributed by atoms with Crippen molar-refractivity contribution < 1.29 is 19.1 Å². The molecular weight excluding hydrogens is 403 g/mol. The first kappa shape index (κ1) is 21.7. The number of esters is 1. The van der Waals surface area contributed by atoms with Crippen LogP contribution < -0.4 is 10.6 Å². The van der Waals surface area contributed by atoms with Gasteiger partial charge in [-0.1, -0.05) is 55.2 Å². The molecule has 0 bridgehead atoms. The van der Waals surface area contributed by atoms with E-state index >= 15 is 0 Å². The smallest absolute Gasteiger partial charge is 0.329 e. The molecule has 0 fully saturated rings. The predicted octanol–water partition coefficient (Wildman–Crippen LogP) is 3.93. The van der Waals surface area contributed by atoms with E-state index in [0.29, 0.717) is 21.3 Å². The molecule has 0 heterocycles. The lowest BCUT2D eigenvalue weighted by molar-refractivity contribution is -0.150. The molecular formula is C20H20Cl2N2O4. The van der Waals surface area contributed by atoms with Gasteiger partial charge < -0.3 is 15.4 Å². The molecule has 0 spiro atoms. The molecule has 0 aromatic heterocycles. The number of nitrogens with one attached hydrogen (secondary N) is 2. The number of anilines is 1. The molecule has 0 saturated carbocycles. The highest BCUT2D eigenvalue weighted by molar-refractivity contribution is 6.35. The first-order valence-electron chi connectivity index (χ1n) is 8.55. The maximum Gasteiger partial charge on any atom is 0.329 e. The fraction of sp³-hybridized carbons (Fsp3) is 0.250. The van der Waals surface area contributed by atoms with Gasteiger partial charge in [-0.3, -0.25) is 9.59 Å². The third-order valence-electron chi connectivity index (χ3n) is 3.79. The number of ether oxygens (including phenoxy) is 1. The molecule has 0 saturated heterocycles. The van der Waals surface area contributed by atoms with Gasteiger partial charge in [0.1, 0.15) is 6.04 Å². The van der Waals surface area contributed by atoms with Crippen LogP contribution in [0.1, 0.15) is 24.2 Å². The second kappa shape index (κ2) is 10.1. The number of carbonyl (C=O) groups is 3. The van der Waals surface area contributed by atoms with E-state index in [0.717, 1.165) is 0 Å². The zero-order valence-corrected chi connectivity index (χ0v) is 16.9. The Hall–Kier alpha value is -2.57. The molecule has 28 heavy (non-hydrogen) atoms. The highest BCUT2D eigenvalue weighted by Crippen LogP contribution is 2.25. The molecule has 0 aliphatic rings. The van der Waals surface area contributed by atoms with Crippen molar-refractivity contribution in [3.8, 4) is 0 Å². The van der Waals surface area contributed by atoms with Gasteiger partial charge >= 0.3 is 5.97 Å². The van der Waals surface area contributed by atoms with E-state index in [1.807, 2.05) is 0 Å². The highest BCUT2D eigenvalue weighted by atomic mass is 35.5. The minimum atomic E-state index is -0.893. The Morgan fingerprint density at radius 1 is 1.04 bits per heavy atom. The molecule has 2 aromatic rings. The maximum atomic E-state index is 12.4. The van der Waals surface area contributed by atoms with Crippen molar-refractivity contribution in [2.45, 2.75) is 19.9 Å². The second-order valence-corrected chi connectivity index (χ2v) is 7.18. The van der Waals surface area contributed by atoms with Crippen LogP contribution in [0.4, 0.5) is 5.69 Å². The third kappa shape index (κ3) is 6.25. The Kier molecular flexibility index (Phi) is 7.84. The van der Waals surface area contributed by atoms with Crippen LogP contribution in [-0.2, 0) is 14.3 Å². The van der Waals surface area contributed by atoms with Gasteiger partial charge in [-0.25, -0.2) is 4.79 Å². The lowest BCUT2D eigenvalue weighted by Gasteiger charge is -2.20. The molecule has 2 amide bonds. The van der Waals surface area contributed by atoms with Crippen molar-refractivity contribution in [3.63, 3.8) is 0 Å². The van der Waals surface area contributed by atoms with Crippen LogP contribution in [0.3, 0.4) is 0 Å². The van der Waals surface area contributed by atoms with Gasteiger partial charge in [-0.2, -0.15) is 0 Å². The normalized spacial score (nSPS) is 11.6. The van der Waals surface area contributed by atoms with Crippen molar-refractivity contribution in [1.82, 2.24) is 5.32 Å². The van der Waals surface area contributed by atoms with E-state index in [2.05, 4.69) is 10.6 Å². The topological polar surface area (TPSA) is 84.5 Å². The van der Waals surface area contributed by atoms with Crippen LogP contribution in [0.2, 0.25) is 10.0 Å². The molecule has 1 atom stereocenters. The van der Waals surface area contributed by atoms with Crippen molar-refractivity contribution in [2.75, 3.05) is 11.9 Å². The first-order chi connectivity index (χ1) is 13.3. The van der Waals surface area contributed by atoms with Crippen molar-refractivity contribution >= 4 is 46.7 Å². The summed E-state index contributed by atoms with van der Waals surface area (Å²) in [5.74, 6) is -1.90. The highest BCUT2D eigenvalue weighted by Gasteiger charge is 2.26. The van der Waals surface area contributed by atoms with Gasteiger partial charge in [0, 0.05) is 10.6 Å². The maximum absolute atomic E-state index is 12.4. The van der Waals surface area contributed by atoms with Gasteiger partial charge in [0.2, 0.25) is 0 Å². The largest absolute Gasteiger partial charge is 0.454 e. The quantitative estimate of drug-likeness (QED) is 0.661. The van der Waals surface area contributed by atoms with E-state index in [-0.39, 0.29) is 5.92 Å². The molecule has 148 valence electrons. The SMILES string of the molecule is CC(C)[C@H](NC(=O)c1ccccc1)C(=O)OCC(=O)Nc1cc(Cl)ccc1Cl. The zero-order valence-electron chi connectivity index (χ0n) is 15.4. The molecule has 2 aromatic carbocycles. The Balaban J connectivity index is 1.93. The number of carbonyl (C=O) groups excluding carboxylic acids is 3. The summed E-state index contributed by atoms with van der Waals surface area (Å²) in [6.45, 7) is 3.01. The summed E-state index contributed by atoms with van der Waals surface area (Å²) < 4.78 is 5.06. The van der Waals surface area contributed by atoms with Crippen molar-refractivity contribution in [3.05, 3.63) is 64.1 Å². The lowest BCUT2D eigenvalue weighted by Crippen LogP contribution is -2.45. The average molecular weight is 423 g/mol. The minimum absolute atomic E-state index is 0.231. The number of hydrogen-bond donors (Lipinski definition) is 2. The summed E-state index contributed by atoms with van der Waals surface area (Å²) in [4.78, 5) is 36.7. The third-order valence-corrected chi connectivity index (χ3v) is 4.36. The lowest BCUT2D eigenvalue weighted by atomic mass is 10.0. The molecule has 0 aliphatic heterocycles. The van der Waals surface area contributed by atoms with Crippen LogP contribution in [0.5, 0.6) is 0 Å². The molecule has 0 unspecified atom stereocenters. The summed E-state index contributed by atoms with van der Waals surface area (Å²) in [5, 5.41) is 5.87. The van der Waals surface area contributed by atoms with Gasteiger partial charge in [0.25, 0.3) is 11.8 Å². The second-order valence-electron chi connectivity index (χ2n) is 6.34. The van der Waals surface area contributed by atoms with E-state index in [1.165, 1.54) is 6.07 Å². The number of hydrogen-bond acceptors (Lipinski definition) is 4. The molecule has 2 rings (SSSR count). The Morgan fingerprint density at radius 2 is 1.71 bits per heavy atom. The van der Waals surface area contributed by atoms with Crippen molar-refractivity contribution in [1.29, 1.82) is 0 Å². The Bertz CT molecular complexity index is 857. The number of amides is 2.